The van der Waals surface area contributed by atoms with E-state index in [0.717, 1.165) is 10.9 Å². The van der Waals surface area contributed by atoms with Crippen LogP contribution in [0.1, 0.15) is 63.3 Å². The lowest BCUT2D eigenvalue weighted by Gasteiger charge is -2.29. The van der Waals surface area contributed by atoms with Gasteiger partial charge in [-0.2, -0.15) is 0 Å². The molecule has 7 atom stereocenters. The average Bonchev–Trinajstić information content (AvgIpc) is 4.13. The minimum absolute atomic E-state index is 0.00156. The highest BCUT2D eigenvalue weighted by Gasteiger charge is 2.38. The molecule has 5 rings (SSSR count). The Morgan fingerprint density at radius 1 is 0.786 bits per heavy atom. The molecule has 8 amide bonds. The Hall–Kier alpha value is -7.82. The Kier molecular flexibility index (Phi) is 19.4. The molecule has 23 nitrogen and oxygen atoms in total. The van der Waals surface area contributed by atoms with Crippen molar-refractivity contribution in [1.29, 1.82) is 0 Å². The molecular formula is C47H65N15O8. The molecule has 0 bridgehead atoms. The molecule has 2 aromatic heterocycles. The number of primary amides is 1. The van der Waals surface area contributed by atoms with Gasteiger partial charge in [0.25, 0.3) is 0 Å². The number of rotatable bonds is 25. The van der Waals surface area contributed by atoms with Gasteiger partial charge in [0, 0.05) is 61.3 Å². The minimum Gasteiger partial charge on any atom is -0.370 e. The summed E-state index contributed by atoms with van der Waals surface area (Å²) in [6.07, 6.45) is 5.85. The fourth-order valence-corrected chi connectivity index (χ4v) is 8.12. The van der Waals surface area contributed by atoms with Crippen LogP contribution >= 0.6 is 0 Å². The number of carbonyl (C=O) groups excluding carboxylic acids is 8. The number of guanidine groups is 1. The first-order valence-corrected chi connectivity index (χ1v) is 23.2. The zero-order valence-electron chi connectivity index (χ0n) is 39.5. The summed E-state index contributed by atoms with van der Waals surface area (Å²) in [6, 6.07) is 8.50. The van der Waals surface area contributed by atoms with Gasteiger partial charge in [0.1, 0.15) is 36.3 Å². The van der Waals surface area contributed by atoms with Crippen molar-refractivity contribution in [2.24, 2.45) is 33.8 Å². The lowest BCUT2D eigenvalue weighted by Crippen LogP contribution is -2.59. The summed E-state index contributed by atoms with van der Waals surface area (Å²) in [7, 11) is 0. The number of amides is 8. The van der Waals surface area contributed by atoms with E-state index in [1.165, 1.54) is 24.3 Å². The van der Waals surface area contributed by atoms with Crippen molar-refractivity contribution in [3.63, 3.8) is 0 Å². The van der Waals surface area contributed by atoms with Crippen molar-refractivity contribution in [1.82, 2.24) is 51.8 Å². The van der Waals surface area contributed by atoms with Crippen molar-refractivity contribution in [3.8, 4) is 0 Å². The highest BCUT2D eigenvalue weighted by atomic mass is 16.2. The normalized spacial score (nSPS) is 15.9. The third-order valence-corrected chi connectivity index (χ3v) is 11.8. The topological polar surface area (TPSA) is 373 Å². The SMILES string of the molecule is CC(C)[C@H](NC(=O)[C@H]1CCCN1C(=O)[C@H](C)NC(=O)CNC(=O)[C@H](Cc1c[nH]c2ccccc12)NC(=O)[C@H](CCCN=C(N)N)NC(=O)[C@H](Cc1ccccc1)NC(=O)[C@@H](N)Cc1cnc[nH]1)C(N)=O. The van der Waals surface area contributed by atoms with Crippen LogP contribution in [-0.2, 0) is 57.6 Å². The number of hydrogen-bond acceptors (Lipinski definition) is 11. The van der Waals surface area contributed by atoms with Gasteiger partial charge >= 0.3 is 0 Å². The number of nitrogens with two attached hydrogens (primary N) is 4. The van der Waals surface area contributed by atoms with Gasteiger partial charge in [-0.1, -0.05) is 62.4 Å². The fraction of sp³-hybridized carbons (Fsp3) is 0.447. The summed E-state index contributed by atoms with van der Waals surface area (Å²) in [4.78, 5) is 123. The number of aromatic amines is 2. The lowest BCUT2D eigenvalue weighted by molar-refractivity contribution is -0.141. The Bertz CT molecular complexity index is 2470. The van der Waals surface area contributed by atoms with Crippen LogP contribution in [0, 0.1) is 5.92 Å². The highest BCUT2D eigenvalue weighted by molar-refractivity contribution is 5.97. The molecule has 2 aromatic carbocycles. The quantitative estimate of drug-likeness (QED) is 0.0195. The van der Waals surface area contributed by atoms with Crippen LogP contribution in [0.4, 0.5) is 0 Å². The van der Waals surface area contributed by atoms with Gasteiger partial charge in [-0.15, -0.1) is 0 Å². The van der Waals surface area contributed by atoms with Crippen LogP contribution in [0.25, 0.3) is 10.9 Å². The first kappa shape index (κ1) is 53.1. The Morgan fingerprint density at radius 3 is 2.14 bits per heavy atom. The molecule has 1 saturated heterocycles. The molecule has 0 aliphatic carbocycles. The molecule has 376 valence electrons. The molecule has 1 aliphatic heterocycles. The van der Waals surface area contributed by atoms with E-state index >= 15 is 0 Å². The van der Waals surface area contributed by atoms with E-state index in [9.17, 15) is 38.4 Å². The Balaban J connectivity index is 1.31. The van der Waals surface area contributed by atoms with Crippen molar-refractivity contribution in [2.75, 3.05) is 19.6 Å². The van der Waals surface area contributed by atoms with E-state index < -0.39 is 96.1 Å². The van der Waals surface area contributed by atoms with Crippen LogP contribution < -0.4 is 54.8 Å². The summed E-state index contributed by atoms with van der Waals surface area (Å²) in [5.74, 6) is -5.83. The number of fused-ring (bicyclic) bond motifs is 1. The van der Waals surface area contributed by atoms with E-state index in [-0.39, 0.29) is 57.1 Å². The van der Waals surface area contributed by atoms with Gasteiger partial charge in [-0.25, -0.2) is 4.98 Å². The van der Waals surface area contributed by atoms with Crippen molar-refractivity contribution >= 4 is 64.1 Å². The van der Waals surface area contributed by atoms with Crippen LogP contribution in [0.5, 0.6) is 0 Å². The molecule has 1 fully saturated rings. The second-order valence-electron chi connectivity index (χ2n) is 17.6. The first-order valence-electron chi connectivity index (χ1n) is 23.2. The van der Waals surface area contributed by atoms with Crippen molar-refractivity contribution in [3.05, 3.63) is 90.1 Å². The Labute approximate surface area is 404 Å². The maximum Gasteiger partial charge on any atom is 0.245 e. The molecule has 3 heterocycles. The van der Waals surface area contributed by atoms with E-state index in [2.05, 4.69) is 51.8 Å². The van der Waals surface area contributed by atoms with Crippen LogP contribution in [0.15, 0.2) is 78.3 Å². The van der Waals surface area contributed by atoms with Crippen LogP contribution in [-0.4, -0.2) is 135 Å². The summed E-state index contributed by atoms with van der Waals surface area (Å²) in [6.45, 7) is 4.65. The summed E-state index contributed by atoms with van der Waals surface area (Å²) < 4.78 is 0. The smallest absolute Gasteiger partial charge is 0.245 e. The minimum atomic E-state index is -1.31. The molecule has 23 heteroatoms. The van der Waals surface area contributed by atoms with E-state index in [1.807, 2.05) is 24.3 Å². The number of nitrogens with one attached hydrogen (secondary N) is 8. The zero-order chi connectivity index (χ0) is 50.9. The number of imidazole rings is 1. The van der Waals surface area contributed by atoms with Gasteiger partial charge in [0.15, 0.2) is 5.96 Å². The molecule has 0 saturated carbocycles. The molecule has 1 aliphatic rings. The van der Waals surface area contributed by atoms with Crippen molar-refractivity contribution in [2.45, 2.75) is 108 Å². The fourth-order valence-electron chi connectivity index (χ4n) is 8.12. The number of carbonyl (C=O) groups is 8. The number of hydrogen-bond donors (Lipinski definition) is 12. The summed E-state index contributed by atoms with van der Waals surface area (Å²) in [5.41, 5.74) is 25.6. The highest BCUT2D eigenvalue weighted by Crippen LogP contribution is 2.21. The molecule has 70 heavy (non-hydrogen) atoms. The third kappa shape index (κ3) is 15.3. The van der Waals surface area contributed by atoms with E-state index in [1.54, 1.807) is 50.4 Å². The number of likely N-dealkylation sites (tertiary alicyclic amines) is 1. The van der Waals surface area contributed by atoms with Gasteiger partial charge in [0.05, 0.1) is 18.9 Å². The maximum atomic E-state index is 14.4. The monoisotopic (exact) mass is 968 g/mol. The number of aromatic nitrogens is 3. The van der Waals surface area contributed by atoms with Crippen molar-refractivity contribution < 1.29 is 38.4 Å². The lowest BCUT2D eigenvalue weighted by atomic mass is 10.0. The number of nitrogens with zero attached hydrogens (tertiary/aromatic N) is 3. The number of para-hydroxylation sites is 1. The maximum absolute atomic E-state index is 14.4. The van der Waals surface area contributed by atoms with E-state index in [4.69, 9.17) is 22.9 Å². The molecule has 0 unspecified atom stereocenters. The standard InChI is InChI=1S/C47H65N15O8/c1-26(2)39(40(49)64)61-45(69)37-16-10-18-62(37)46(70)27(3)57-38(63)24-55-42(66)36(20-29-22-54-33-14-8-7-13-31(29)33)60-43(67)34(15-9-17-53-47(50)51)58-44(68)35(19-28-11-5-4-6-12-28)59-41(65)32(48)21-30-23-52-25-56-30/h4-8,11-14,22-23,25-27,32,34-37,39,54H,9-10,15-21,24,48H2,1-3H3,(H2,49,64)(H,52,56)(H,55,66)(H,57,63)(H,58,68)(H,59,65)(H,60,67)(H,61,69)(H4,50,51,53)/t27-,32-,34-,35-,36-,37+,39-/m0/s1. The van der Waals surface area contributed by atoms with Crippen LogP contribution in [0.3, 0.4) is 0 Å². The van der Waals surface area contributed by atoms with Crippen LogP contribution in [0.2, 0.25) is 0 Å². The largest absolute Gasteiger partial charge is 0.370 e. The predicted molar refractivity (Wildman–Crippen MR) is 259 cm³/mol. The second kappa shape index (κ2) is 25.5. The predicted octanol–water partition coefficient (Wildman–Crippen LogP) is -2.01. The molecule has 16 N–H and O–H groups in total. The zero-order valence-corrected chi connectivity index (χ0v) is 39.5. The third-order valence-electron chi connectivity index (χ3n) is 11.8. The number of benzene rings is 2. The van der Waals surface area contributed by atoms with Gasteiger partial charge in [0.2, 0.25) is 47.3 Å². The molecule has 0 radical (unpaired) electrons. The molecular weight excluding hydrogens is 903 g/mol. The molecule has 0 spiro atoms. The van der Waals surface area contributed by atoms with Gasteiger partial charge < -0.3 is 69.7 Å². The molecule has 4 aromatic rings. The second-order valence-corrected chi connectivity index (χ2v) is 17.6. The number of aliphatic imine (C=N–C) groups is 1. The van der Waals surface area contributed by atoms with Gasteiger partial charge in [-0.05, 0) is 55.7 Å². The summed E-state index contributed by atoms with van der Waals surface area (Å²) in [5, 5.41) is 16.8. The first-order chi connectivity index (χ1) is 33.4. The summed E-state index contributed by atoms with van der Waals surface area (Å²) >= 11 is 0. The van der Waals surface area contributed by atoms with E-state index in [0.29, 0.717) is 29.7 Å². The number of H-pyrrole nitrogens is 2. The van der Waals surface area contributed by atoms with Gasteiger partial charge in [-0.3, -0.25) is 43.3 Å². The Morgan fingerprint density at radius 2 is 1.46 bits per heavy atom. The average molecular weight is 968 g/mol.